The molecule has 1 rings (SSSR count). The van der Waals surface area contributed by atoms with E-state index >= 15 is 0 Å². The van der Waals surface area contributed by atoms with Crippen LogP contribution in [0.2, 0.25) is 0 Å². The Bertz CT molecular complexity index is 432. The van der Waals surface area contributed by atoms with Gasteiger partial charge in [-0.05, 0) is 18.2 Å². The van der Waals surface area contributed by atoms with E-state index in [0.717, 1.165) is 0 Å². The van der Waals surface area contributed by atoms with Crippen LogP contribution in [0, 0.1) is 0 Å². The predicted molar refractivity (Wildman–Crippen MR) is 57.9 cm³/mol. The molecule has 100 valence electrons. The van der Waals surface area contributed by atoms with E-state index in [1.807, 2.05) is 0 Å². The largest absolute Gasteiger partial charge is 0.497 e. The van der Waals surface area contributed by atoms with Gasteiger partial charge in [0.15, 0.2) is 0 Å². The molecule has 0 spiro atoms. The van der Waals surface area contributed by atoms with Crippen LogP contribution in [0.3, 0.4) is 0 Å². The average molecular weight is 263 g/mol. The molecule has 0 atom stereocenters. The highest BCUT2D eigenvalue weighted by Crippen LogP contribution is 2.24. The number of ether oxygens (including phenoxy) is 2. The number of benzene rings is 1. The molecule has 0 aliphatic rings. The van der Waals surface area contributed by atoms with Crippen molar-refractivity contribution >= 4 is 5.91 Å². The lowest BCUT2D eigenvalue weighted by Gasteiger charge is -2.12. The maximum atomic E-state index is 12.0. The van der Waals surface area contributed by atoms with Crippen LogP contribution >= 0.6 is 0 Å². The molecule has 1 aromatic rings. The van der Waals surface area contributed by atoms with E-state index < -0.39 is 18.6 Å². The lowest BCUT2D eigenvalue weighted by Crippen LogP contribution is -2.33. The topological polar surface area (TPSA) is 47.6 Å². The molecule has 0 unspecified atom stereocenters. The maximum absolute atomic E-state index is 12.0. The minimum absolute atomic E-state index is 0.0129. The van der Waals surface area contributed by atoms with Gasteiger partial charge >= 0.3 is 6.18 Å². The van der Waals surface area contributed by atoms with Crippen LogP contribution in [0.25, 0.3) is 0 Å². The molecular weight excluding hydrogens is 251 g/mol. The maximum Gasteiger partial charge on any atom is 0.405 e. The van der Waals surface area contributed by atoms with Crippen molar-refractivity contribution in [3.8, 4) is 11.5 Å². The first-order chi connectivity index (χ1) is 8.37. The third-order valence-electron chi connectivity index (χ3n) is 2.10. The minimum atomic E-state index is -4.46. The predicted octanol–water partition coefficient (Wildman–Crippen LogP) is 2.00. The van der Waals surface area contributed by atoms with Crippen molar-refractivity contribution in [2.45, 2.75) is 6.18 Å². The third kappa shape index (κ3) is 3.83. The van der Waals surface area contributed by atoms with Crippen LogP contribution in [-0.4, -0.2) is 32.8 Å². The molecule has 0 aromatic heterocycles. The normalized spacial score (nSPS) is 10.9. The molecule has 4 nitrogen and oxygen atoms in total. The van der Waals surface area contributed by atoms with Crippen molar-refractivity contribution in [2.24, 2.45) is 0 Å². The van der Waals surface area contributed by atoms with Crippen LogP contribution in [0.5, 0.6) is 11.5 Å². The molecule has 0 fully saturated rings. The summed E-state index contributed by atoms with van der Waals surface area (Å²) < 4.78 is 45.8. The van der Waals surface area contributed by atoms with E-state index in [1.165, 1.54) is 26.4 Å². The highest BCUT2D eigenvalue weighted by Gasteiger charge is 2.28. The van der Waals surface area contributed by atoms with Crippen molar-refractivity contribution < 1.29 is 27.4 Å². The first kappa shape index (κ1) is 14.1. The van der Waals surface area contributed by atoms with Crippen molar-refractivity contribution in [1.29, 1.82) is 0 Å². The number of amides is 1. The summed E-state index contributed by atoms with van der Waals surface area (Å²) in [5.41, 5.74) is -0.0129. The lowest BCUT2D eigenvalue weighted by molar-refractivity contribution is -0.123. The Kier molecular flexibility index (Phi) is 4.41. The van der Waals surface area contributed by atoms with Gasteiger partial charge < -0.3 is 14.8 Å². The Morgan fingerprint density at radius 2 is 1.94 bits per heavy atom. The number of carbonyl (C=O) groups excluding carboxylic acids is 1. The quantitative estimate of drug-likeness (QED) is 0.903. The van der Waals surface area contributed by atoms with Gasteiger partial charge in [0, 0.05) is 0 Å². The minimum Gasteiger partial charge on any atom is -0.497 e. The van der Waals surface area contributed by atoms with Gasteiger partial charge in [-0.25, -0.2) is 0 Å². The molecule has 1 aromatic carbocycles. The summed E-state index contributed by atoms with van der Waals surface area (Å²) in [6.07, 6.45) is -4.46. The van der Waals surface area contributed by atoms with E-state index in [0.29, 0.717) is 5.75 Å². The van der Waals surface area contributed by atoms with Crippen molar-refractivity contribution in [2.75, 3.05) is 20.8 Å². The molecule has 0 saturated carbocycles. The van der Waals surface area contributed by atoms with Crippen molar-refractivity contribution in [1.82, 2.24) is 5.32 Å². The van der Waals surface area contributed by atoms with Gasteiger partial charge in [0.05, 0.1) is 19.8 Å². The summed E-state index contributed by atoms with van der Waals surface area (Å²) in [6, 6.07) is 4.30. The summed E-state index contributed by atoms with van der Waals surface area (Å²) in [5.74, 6) is -0.341. The van der Waals surface area contributed by atoms with Crippen LogP contribution in [0.15, 0.2) is 18.2 Å². The standard InChI is InChI=1S/C11H12F3NO3/c1-17-7-3-4-9(18-2)8(5-7)10(16)15-6-11(12,13)14/h3-5H,6H2,1-2H3,(H,15,16). The summed E-state index contributed by atoms with van der Waals surface area (Å²) >= 11 is 0. The van der Waals surface area contributed by atoms with Gasteiger partial charge in [-0.15, -0.1) is 0 Å². The van der Waals surface area contributed by atoms with Crippen LogP contribution in [0.4, 0.5) is 13.2 Å². The van der Waals surface area contributed by atoms with E-state index in [1.54, 1.807) is 11.4 Å². The van der Waals surface area contributed by atoms with E-state index in [9.17, 15) is 18.0 Å². The third-order valence-corrected chi connectivity index (χ3v) is 2.10. The second kappa shape index (κ2) is 5.61. The van der Waals surface area contributed by atoms with Gasteiger partial charge in [-0.2, -0.15) is 13.2 Å². The Hall–Kier alpha value is -1.92. The van der Waals surface area contributed by atoms with E-state index in [2.05, 4.69) is 0 Å². The number of alkyl halides is 3. The number of rotatable bonds is 4. The fraction of sp³-hybridized carbons (Fsp3) is 0.364. The van der Waals surface area contributed by atoms with Gasteiger partial charge in [-0.1, -0.05) is 0 Å². The SMILES string of the molecule is COc1ccc(OC)c(C(=O)NCC(F)(F)F)c1. The number of hydrogen-bond donors (Lipinski definition) is 1. The molecule has 0 saturated heterocycles. The molecule has 0 aliphatic heterocycles. The van der Waals surface area contributed by atoms with Crippen LogP contribution in [-0.2, 0) is 0 Å². The Morgan fingerprint density at radius 1 is 1.28 bits per heavy atom. The van der Waals surface area contributed by atoms with Crippen molar-refractivity contribution in [3.05, 3.63) is 23.8 Å². The number of methoxy groups -OCH3 is 2. The fourth-order valence-electron chi connectivity index (χ4n) is 1.27. The van der Waals surface area contributed by atoms with Crippen LogP contribution < -0.4 is 14.8 Å². The van der Waals surface area contributed by atoms with Gasteiger partial charge in [0.25, 0.3) is 5.91 Å². The Labute approximate surface area is 102 Å². The zero-order valence-electron chi connectivity index (χ0n) is 9.80. The summed E-state index contributed by atoms with van der Waals surface area (Å²) in [4.78, 5) is 11.6. The van der Waals surface area contributed by atoms with Gasteiger partial charge in [-0.3, -0.25) is 4.79 Å². The molecular formula is C11H12F3NO3. The number of carbonyl (C=O) groups is 1. The first-order valence-electron chi connectivity index (χ1n) is 4.94. The van der Waals surface area contributed by atoms with Gasteiger partial charge in [0.2, 0.25) is 0 Å². The van der Waals surface area contributed by atoms with Crippen molar-refractivity contribution in [3.63, 3.8) is 0 Å². The second-order valence-electron chi connectivity index (χ2n) is 3.36. The van der Waals surface area contributed by atoms with Crippen LogP contribution in [0.1, 0.15) is 10.4 Å². The Morgan fingerprint density at radius 3 is 2.44 bits per heavy atom. The smallest absolute Gasteiger partial charge is 0.405 e. The number of halogens is 3. The summed E-state index contributed by atoms with van der Waals surface area (Å²) in [5, 5.41) is 1.77. The highest BCUT2D eigenvalue weighted by molar-refractivity contribution is 5.97. The van der Waals surface area contributed by atoms with E-state index in [-0.39, 0.29) is 11.3 Å². The zero-order chi connectivity index (χ0) is 13.8. The first-order valence-corrected chi connectivity index (χ1v) is 4.94. The lowest BCUT2D eigenvalue weighted by atomic mass is 10.1. The zero-order valence-corrected chi connectivity index (χ0v) is 9.80. The molecule has 0 bridgehead atoms. The summed E-state index contributed by atoms with van der Waals surface area (Å²) in [7, 11) is 2.71. The van der Waals surface area contributed by atoms with Gasteiger partial charge in [0.1, 0.15) is 18.0 Å². The summed E-state index contributed by atoms with van der Waals surface area (Å²) in [6.45, 7) is -1.40. The van der Waals surface area contributed by atoms with E-state index in [4.69, 9.17) is 9.47 Å². The average Bonchev–Trinajstić information content (AvgIpc) is 2.34. The molecule has 0 heterocycles. The molecule has 0 aliphatic carbocycles. The number of nitrogens with one attached hydrogen (secondary N) is 1. The number of hydrogen-bond acceptors (Lipinski definition) is 3. The molecule has 1 N–H and O–H groups in total. The molecule has 7 heteroatoms. The second-order valence-corrected chi connectivity index (χ2v) is 3.36. The fourth-order valence-corrected chi connectivity index (χ4v) is 1.27. The molecule has 18 heavy (non-hydrogen) atoms. The Balaban J connectivity index is 2.89. The highest BCUT2D eigenvalue weighted by atomic mass is 19.4. The molecule has 1 amide bonds. The molecule has 0 radical (unpaired) electrons. The monoisotopic (exact) mass is 263 g/mol.